The molecular formula is C37H42Cl2N8. The number of nitrogens with zero attached hydrogens (tertiary/aromatic N) is 4. The van der Waals surface area contributed by atoms with Crippen molar-refractivity contribution in [3.63, 3.8) is 0 Å². The second-order valence-corrected chi connectivity index (χ2v) is 14.3. The Labute approximate surface area is 287 Å². The molecule has 8 nitrogen and oxygen atoms in total. The van der Waals surface area contributed by atoms with Gasteiger partial charge in [-0.3, -0.25) is 14.9 Å². The predicted octanol–water partition coefficient (Wildman–Crippen LogP) is 8.21. The van der Waals surface area contributed by atoms with Crippen LogP contribution >= 0.6 is 23.2 Å². The van der Waals surface area contributed by atoms with Gasteiger partial charge in [-0.1, -0.05) is 72.6 Å². The smallest absolute Gasteiger partial charge is 0.103 e. The number of hydrazine groups is 2. The van der Waals surface area contributed by atoms with Crippen LogP contribution in [0.2, 0.25) is 10.0 Å². The maximum atomic E-state index is 10.0. The number of nitrogens with one attached hydrogen (secondary N) is 4. The van der Waals surface area contributed by atoms with E-state index in [1.54, 1.807) is 6.20 Å². The Kier molecular flexibility index (Phi) is 9.81. The second-order valence-electron chi connectivity index (χ2n) is 13.5. The number of rotatable bonds is 9. The Morgan fingerprint density at radius 3 is 2.43 bits per heavy atom. The van der Waals surface area contributed by atoms with E-state index in [2.05, 4.69) is 88.6 Å². The lowest BCUT2D eigenvalue weighted by molar-refractivity contribution is 0.0570. The number of anilines is 2. The highest BCUT2D eigenvalue weighted by molar-refractivity contribution is 6.36. The molecule has 0 amide bonds. The fourth-order valence-electron chi connectivity index (χ4n) is 6.44. The van der Waals surface area contributed by atoms with Gasteiger partial charge in [-0.05, 0) is 74.9 Å². The van der Waals surface area contributed by atoms with Gasteiger partial charge in [-0.2, -0.15) is 5.26 Å². The largest absolute Gasteiger partial charge is 0.383 e. The van der Waals surface area contributed by atoms with Gasteiger partial charge in [-0.25, -0.2) is 0 Å². The quantitative estimate of drug-likeness (QED) is 0.142. The van der Waals surface area contributed by atoms with Gasteiger partial charge in [0, 0.05) is 59.7 Å². The first-order valence-electron chi connectivity index (χ1n) is 16.2. The lowest BCUT2D eigenvalue weighted by Crippen LogP contribution is -2.52. The number of likely N-dealkylation sites (tertiary alicyclic amines) is 1. The molecule has 2 atom stereocenters. The fourth-order valence-corrected chi connectivity index (χ4v) is 6.83. The Bertz CT molecular complexity index is 1770. The summed E-state index contributed by atoms with van der Waals surface area (Å²) in [5, 5.41) is 21.5. The SMILES string of the molecule is CC(CNc1c(C#N)cnc2c(Cl)cc(N[C@H](C3=CN(C4CCN(C(C)(C)C)CC4)NN3)c3ccc(Cl)cc3)cc12)c1ccccc1. The summed E-state index contributed by atoms with van der Waals surface area (Å²) < 4.78 is 0. The third kappa shape index (κ3) is 7.45. The van der Waals surface area contributed by atoms with E-state index in [-0.39, 0.29) is 17.5 Å². The van der Waals surface area contributed by atoms with Gasteiger partial charge < -0.3 is 16.1 Å². The Hall–Kier alpha value is -4.00. The van der Waals surface area contributed by atoms with E-state index in [4.69, 9.17) is 23.2 Å². The fraction of sp³-hybridized carbons (Fsp3) is 0.351. The van der Waals surface area contributed by atoms with E-state index in [9.17, 15) is 5.26 Å². The molecule has 1 unspecified atom stereocenters. The molecule has 3 heterocycles. The van der Waals surface area contributed by atoms with E-state index in [0.717, 1.165) is 54.0 Å². The van der Waals surface area contributed by atoms with E-state index >= 15 is 0 Å². The summed E-state index contributed by atoms with van der Waals surface area (Å²) in [7, 11) is 0. The van der Waals surface area contributed by atoms with Gasteiger partial charge in [0.2, 0.25) is 0 Å². The van der Waals surface area contributed by atoms with Crippen LogP contribution < -0.4 is 21.6 Å². The van der Waals surface area contributed by atoms with Crippen LogP contribution in [0.5, 0.6) is 0 Å². The second kappa shape index (κ2) is 14.0. The van der Waals surface area contributed by atoms with Crippen molar-refractivity contribution in [2.45, 2.75) is 64.1 Å². The first-order chi connectivity index (χ1) is 22.6. The number of hydrogen-bond donors (Lipinski definition) is 4. The van der Waals surface area contributed by atoms with Crippen molar-refractivity contribution in [2.75, 3.05) is 30.3 Å². The third-order valence-corrected chi connectivity index (χ3v) is 9.78. The van der Waals surface area contributed by atoms with E-state index < -0.39 is 0 Å². The van der Waals surface area contributed by atoms with E-state index in [0.29, 0.717) is 33.7 Å². The molecule has 3 aromatic carbocycles. The summed E-state index contributed by atoms with van der Waals surface area (Å²) >= 11 is 13.2. The summed E-state index contributed by atoms with van der Waals surface area (Å²) in [5.41, 5.74) is 12.9. The predicted molar refractivity (Wildman–Crippen MR) is 193 cm³/mol. The lowest BCUT2D eigenvalue weighted by Gasteiger charge is -2.42. The van der Waals surface area contributed by atoms with Crippen LogP contribution in [-0.2, 0) is 0 Å². The molecule has 6 rings (SSSR count). The summed E-state index contributed by atoms with van der Waals surface area (Å²) in [6.07, 6.45) is 5.90. The van der Waals surface area contributed by atoms with Gasteiger partial charge in [0.15, 0.2) is 0 Å². The molecule has 0 aliphatic carbocycles. The zero-order valence-electron chi connectivity index (χ0n) is 27.3. The van der Waals surface area contributed by atoms with Crippen molar-refractivity contribution in [1.29, 1.82) is 5.26 Å². The standard InChI is InChI=1S/C37H42Cl2N8/c1-24(25-8-6-5-7-9-25)21-41-34-27(20-40)22-42-36-31(34)18-29(19-32(36)39)43-35(26-10-12-28(38)13-11-26)33-23-47(45-44-33)30-14-16-46(17-15-30)37(2,3)4/h5-13,18-19,22-24,30,35,43-45H,14-17,21H2,1-4H3,(H,41,42)/t24?,35-/m0/s1. The van der Waals surface area contributed by atoms with Crippen LogP contribution in [0.4, 0.5) is 11.4 Å². The van der Waals surface area contributed by atoms with Crippen LogP contribution in [0.15, 0.2) is 84.8 Å². The summed E-state index contributed by atoms with van der Waals surface area (Å²) in [5.74, 6) is 0.230. The number of aromatic nitrogens is 1. The van der Waals surface area contributed by atoms with E-state index in [1.807, 2.05) is 54.6 Å². The zero-order valence-corrected chi connectivity index (χ0v) is 28.8. The number of fused-ring (bicyclic) bond motifs is 1. The van der Waals surface area contributed by atoms with Gasteiger partial charge in [0.25, 0.3) is 0 Å². The summed E-state index contributed by atoms with van der Waals surface area (Å²) in [4.78, 5) is 7.12. The van der Waals surface area contributed by atoms with Gasteiger partial charge >= 0.3 is 0 Å². The topological polar surface area (TPSA) is 91.3 Å². The van der Waals surface area contributed by atoms with Crippen molar-refractivity contribution in [3.8, 4) is 6.07 Å². The van der Waals surface area contributed by atoms with Crippen molar-refractivity contribution in [2.24, 2.45) is 0 Å². The van der Waals surface area contributed by atoms with Crippen LogP contribution in [0.25, 0.3) is 10.9 Å². The number of piperidine rings is 1. The first kappa shape index (κ1) is 32.9. The molecule has 10 heteroatoms. The van der Waals surface area contributed by atoms with Crippen molar-refractivity contribution < 1.29 is 0 Å². The van der Waals surface area contributed by atoms with Crippen LogP contribution in [0.1, 0.15) is 69.2 Å². The number of halogens is 2. The van der Waals surface area contributed by atoms with Gasteiger partial charge in [0.1, 0.15) is 6.07 Å². The van der Waals surface area contributed by atoms with Crippen molar-refractivity contribution in [1.82, 2.24) is 25.9 Å². The molecule has 4 aromatic rings. The molecule has 244 valence electrons. The number of nitriles is 1. The first-order valence-corrected chi connectivity index (χ1v) is 17.0. The molecule has 1 aromatic heterocycles. The van der Waals surface area contributed by atoms with Crippen molar-refractivity contribution in [3.05, 3.63) is 112 Å². The molecule has 1 fully saturated rings. The lowest BCUT2D eigenvalue weighted by atomic mass is 9.98. The minimum absolute atomic E-state index is 0.173. The number of benzene rings is 3. The van der Waals surface area contributed by atoms with Crippen LogP contribution in [0, 0.1) is 11.3 Å². The summed E-state index contributed by atoms with van der Waals surface area (Å²) in [6, 6.07) is 24.6. The number of hydrogen-bond acceptors (Lipinski definition) is 8. The number of pyridine rings is 1. The monoisotopic (exact) mass is 668 g/mol. The average molecular weight is 670 g/mol. The molecule has 0 saturated carbocycles. The Morgan fingerprint density at radius 1 is 1.02 bits per heavy atom. The van der Waals surface area contributed by atoms with Crippen molar-refractivity contribution >= 4 is 45.5 Å². The zero-order chi connectivity index (χ0) is 33.1. The normalized spacial score (nSPS) is 17.1. The molecule has 4 N–H and O–H groups in total. The van der Waals surface area contributed by atoms with Gasteiger partial charge in [0.05, 0.1) is 33.5 Å². The Morgan fingerprint density at radius 2 is 1.74 bits per heavy atom. The molecule has 2 aliphatic rings. The summed E-state index contributed by atoms with van der Waals surface area (Å²) in [6.45, 7) is 11.8. The van der Waals surface area contributed by atoms with Crippen LogP contribution in [-0.4, -0.2) is 46.1 Å². The highest BCUT2D eigenvalue weighted by Crippen LogP contribution is 2.37. The van der Waals surface area contributed by atoms with E-state index in [1.165, 1.54) is 5.56 Å². The Balaban J connectivity index is 1.30. The molecule has 2 aliphatic heterocycles. The average Bonchev–Trinajstić information content (AvgIpc) is 3.56. The van der Waals surface area contributed by atoms with Gasteiger partial charge in [-0.15, -0.1) is 5.53 Å². The van der Waals surface area contributed by atoms with Crippen LogP contribution in [0.3, 0.4) is 0 Å². The third-order valence-electron chi connectivity index (χ3n) is 9.24. The molecule has 0 spiro atoms. The maximum absolute atomic E-state index is 10.0. The maximum Gasteiger partial charge on any atom is 0.103 e. The molecule has 0 bridgehead atoms. The molecule has 47 heavy (non-hydrogen) atoms. The minimum atomic E-state index is -0.241. The molecular weight excluding hydrogens is 627 g/mol. The molecule has 0 radical (unpaired) electrons. The highest BCUT2D eigenvalue weighted by Gasteiger charge is 2.32. The highest BCUT2D eigenvalue weighted by atomic mass is 35.5. The molecule has 1 saturated heterocycles. The minimum Gasteiger partial charge on any atom is -0.383 e.